The van der Waals surface area contributed by atoms with E-state index in [2.05, 4.69) is 10.5 Å². The van der Waals surface area contributed by atoms with Crippen molar-refractivity contribution >= 4 is 22.8 Å². The lowest BCUT2D eigenvalue weighted by Crippen LogP contribution is -2.39. The molecule has 1 aromatic heterocycles. The van der Waals surface area contributed by atoms with E-state index in [0.29, 0.717) is 24.1 Å². The summed E-state index contributed by atoms with van der Waals surface area (Å²) in [5.41, 5.74) is 3.37. The molecule has 1 aliphatic rings. The minimum Gasteiger partial charge on any atom is -0.356 e. The van der Waals surface area contributed by atoms with Gasteiger partial charge in [-0.3, -0.25) is 14.9 Å². The highest BCUT2D eigenvalue weighted by Gasteiger charge is 2.31. The van der Waals surface area contributed by atoms with Gasteiger partial charge in [-0.05, 0) is 29.7 Å². The van der Waals surface area contributed by atoms with Crippen LogP contribution in [0.2, 0.25) is 0 Å². The van der Waals surface area contributed by atoms with Crippen molar-refractivity contribution in [2.24, 2.45) is 0 Å². The molecule has 114 valence electrons. The number of nitrogens with one attached hydrogen (secondary N) is 1. The number of carbonyl (C=O) groups excluding carboxylic acids is 2. The van der Waals surface area contributed by atoms with Crippen LogP contribution in [-0.2, 0) is 9.59 Å². The molecule has 1 N–H and O–H groups in total. The summed E-state index contributed by atoms with van der Waals surface area (Å²) in [7, 11) is 0. The van der Waals surface area contributed by atoms with Crippen molar-refractivity contribution in [3.63, 3.8) is 0 Å². The molecule has 0 saturated carbocycles. The number of amides is 2. The van der Waals surface area contributed by atoms with Gasteiger partial charge < -0.3 is 4.52 Å². The van der Waals surface area contributed by atoms with Crippen LogP contribution in [0, 0.1) is 0 Å². The van der Waals surface area contributed by atoms with E-state index >= 15 is 0 Å². The van der Waals surface area contributed by atoms with E-state index in [4.69, 9.17) is 4.52 Å². The third kappa shape index (κ3) is 2.40. The van der Waals surface area contributed by atoms with Crippen LogP contribution in [0.5, 0.6) is 0 Å². The van der Waals surface area contributed by atoms with Gasteiger partial charge in [0.2, 0.25) is 11.8 Å². The number of benzene rings is 2. The maximum atomic E-state index is 12.1. The van der Waals surface area contributed by atoms with Crippen LogP contribution in [0.4, 0.5) is 0 Å². The van der Waals surface area contributed by atoms with Crippen LogP contribution >= 0.6 is 0 Å². The molecule has 2 amide bonds. The molecule has 5 heteroatoms. The fourth-order valence-electron chi connectivity index (χ4n) is 2.97. The van der Waals surface area contributed by atoms with E-state index in [9.17, 15) is 9.59 Å². The van der Waals surface area contributed by atoms with E-state index in [1.807, 2.05) is 48.5 Å². The number of fused-ring (bicyclic) bond motifs is 1. The van der Waals surface area contributed by atoms with Crippen molar-refractivity contribution in [2.45, 2.75) is 18.8 Å². The Kier molecular flexibility index (Phi) is 3.19. The Bertz CT molecular complexity index is 899. The minimum absolute atomic E-state index is 0.232. The number of hydrogen-bond acceptors (Lipinski definition) is 4. The maximum absolute atomic E-state index is 12.1. The molecule has 0 spiro atoms. The highest BCUT2D eigenvalue weighted by atomic mass is 16.5. The quantitative estimate of drug-likeness (QED) is 0.739. The number of rotatable bonds is 2. The molecule has 0 radical (unpaired) electrons. The zero-order chi connectivity index (χ0) is 15.8. The first-order valence-electron chi connectivity index (χ1n) is 7.51. The second kappa shape index (κ2) is 5.35. The molecule has 3 aromatic rings. The number of aromatic nitrogens is 1. The molecule has 2 aromatic carbocycles. The van der Waals surface area contributed by atoms with Crippen molar-refractivity contribution in [1.82, 2.24) is 10.5 Å². The normalized spacial score (nSPS) is 18.2. The number of carbonyl (C=O) groups is 2. The number of piperidine rings is 1. The van der Waals surface area contributed by atoms with Gasteiger partial charge >= 0.3 is 0 Å². The van der Waals surface area contributed by atoms with E-state index in [0.717, 1.165) is 16.5 Å². The van der Waals surface area contributed by atoms with E-state index < -0.39 is 5.92 Å². The topological polar surface area (TPSA) is 72.2 Å². The lowest BCUT2D eigenvalue weighted by molar-refractivity contribution is -0.134. The smallest absolute Gasteiger partial charge is 0.235 e. The van der Waals surface area contributed by atoms with Crippen molar-refractivity contribution in [3.8, 4) is 11.1 Å². The second-order valence-electron chi connectivity index (χ2n) is 5.65. The van der Waals surface area contributed by atoms with E-state index in [-0.39, 0.29) is 11.8 Å². The van der Waals surface area contributed by atoms with E-state index in [1.54, 1.807) is 0 Å². The molecule has 5 nitrogen and oxygen atoms in total. The summed E-state index contributed by atoms with van der Waals surface area (Å²) < 4.78 is 5.35. The van der Waals surface area contributed by atoms with Crippen molar-refractivity contribution < 1.29 is 14.1 Å². The van der Waals surface area contributed by atoms with Crippen LogP contribution in [-0.4, -0.2) is 17.0 Å². The summed E-state index contributed by atoms with van der Waals surface area (Å²) in [6.45, 7) is 0. The van der Waals surface area contributed by atoms with Gasteiger partial charge in [0.05, 0.1) is 5.92 Å². The maximum Gasteiger partial charge on any atom is 0.235 e. The third-order valence-electron chi connectivity index (χ3n) is 4.17. The van der Waals surface area contributed by atoms with Gasteiger partial charge in [-0.25, -0.2) is 0 Å². The van der Waals surface area contributed by atoms with Gasteiger partial charge in [0, 0.05) is 11.8 Å². The summed E-state index contributed by atoms with van der Waals surface area (Å²) in [5.74, 6) is -0.981. The molecule has 1 atom stereocenters. The lowest BCUT2D eigenvalue weighted by atomic mass is 9.92. The molecule has 23 heavy (non-hydrogen) atoms. The molecular formula is C18H14N2O3. The first-order valence-corrected chi connectivity index (χ1v) is 7.51. The van der Waals surface area contributed by atoms with Gasteiger partial charge in [-0.1, -0.05) is 41.6 Å². The molecule has 0 aliphatic carbocycles. The van der Waals surface area contributed by atoms with E-state index in [1.165, 1.54) is 0 Å². The molecule has 2 heterocycles. The van der Waals surface area contributed by atoms with Gasteiger partial charge in [0.25, 0.3) is 0 Å². The average molecular weight is 306 g/mol. The summed E-state index contributed by atoms with van der Waals surface area (Å²) in [6, 6.07) is 15.8. The molecule has 1 aliphatic heterocycles. The summed E-state index contributed by atoms with van der Waals surface area (Å²) in [6.07, 6.45) is 0.783. The fourth-order valence-corrected chi connectivity index (χ4v) is 2.97. The Labute approximate surface area is 132 Å². The molecule has 1 saturated heterocycles. The molecule has 1 unspecified atom stereocenters. The van der Waals surface area contributed by atoms with Crippen molar-refractivity contribution in [3.05, 3.63) is 54.2 Å². The first-order chi connectivity index (χ1) is 11.2. The summed E-state index contributed by atoms with van der Waals surface area (Å²) in [4.78, 5) is 23.4. The Morgan fingerprint density at radius 2 is 1.87 bits per heavy atom. The van der Waals surface area contributed by atoms with Crippen molar-refractivity contribution in [1.29, 1.82) is 0 Å². The highest BCUT2D eigenvalue weighted by Crippen LogP contribution is 2.33. The molecule has 4 rings (SSSR count). The predicted octanol–water partition coefficient (Wildman–Crippen LogP) is 3.02. The Hall–Kier alpha value is -2.95. The van der Waals surface area contributed by atoms with Crippen LogP contribution in [0.15, 0.2) is 53.1 Å². The number of hydrogen-bond donors (Lipinski definition) is 1. The Balaban J connectivity index is 1.79. The van der Waals surface area contributed by atoms with Gasteiger partial charge in [-0.2, -0.15) is 0 Å². The lowest BCUT2D eigenvalue weighted by Gasteiger charge is -2.18. The van der Waals surface area contributed by atoms with Crippen LogP contribution in [0.3, 0.4) is 0 Å². The van der Waals surface area contributed by atoms with Crippen LogP contribution in [0.25, 0.3) is 22.1 Å². The molecule has 1 fully saturated rings. The SMILES string of the molecule is O=C1CCC(c2noc3ccc(-c4ccccc4)cc23)C(=O)N1. The van der Waals surface area contributed by atoms with Crippen LogP contribution < -0.4 is 5.32 Å². The number of imide groups is 1. The Morgan fingerprint density at radius 3 is 2.65 bits per heavy atom. The summed E-state index contributed by atoms with van der Waals surface area (Å²) in [5, 5.41) is 7.27. The van der Waals surface area contributed by atoms with Crippen molar-refractivity contribution in [2.75, 3.05) is 0 Å². The predicted molar refractivity (Wildman–Crippen MR) is 84.6 cm³/mol. The molecular weight excluding hydrogens is 292 g/mol. The number of nitrogens with zero attached hydrogens (tertiary/aromatic N) is 1. The standard InChI is InChI=1S/C18H14N2O3/c21-16-9-7-13(18(22)19-16)17-14-10-12(6-8-15(14)23-20-17)11-4-2-1-3-5-11/h1-6,8,10,13H,7,9H2,(H,19,21,22). The second-order valence-corrected chi connectivity index (χ2v) is 5.65. The average Bonchev–Trinajstić information content (AvgIpc) is 2.99. The largest absolute Gasteiger partial charge is 0.356 e. The minimum atomic E-state index is -0.444. The van der Waals surface area contributed by atoms with Crippen LogP contribution in [0.1, 0.15) is 24.5 Å². The first kappa shape index (κ1) is 13.7. The third-order valence-corrected chi connectivity index (χ3v) is 4.17. The summed E-state index contributed by atoms with van der Waals surface area (Å²) >= 11 is 0. The molecule has 0 bridgehead atoms. The fraction of sp³-hybridized carbons (Fsp3) is 0.167. The van der Waals surface area contributed by atoms with Gasteiger partial charge in [0.1, 0.15) is 5.69 Å². The van der Waals surface area contributed by atoms with Gasteiger partial charge in [0.15, 0.2) is 5.58 Å². The zero-order valence-corrected chi connectivity index (χ0v) is 12.3. The van der Waals surface area contributed by atoms with Gasteiger partial charge in [-0.15, -0.1) is 0 Å². The monoisotopic (exact) mass is 306 g/mol. The highest BCUT2D eigenvalue weighted by molar-refractivity contribution is 6.02. The zero-order valence-electron chi connectivity index (χ0n) is 12.3. The Morgan fingerprint density at radius 1 is 1.04 bits per heavy atom.